The summed E-state index contributed by atoms with van der Waals surface area (Å²) >= 11 is 0. The first-order valence-electron chi connectivity index (χ1n) is 9.55. The summed E-state index contributed by atoms with van der Waals surface area (Å²) in [5, 5.41) is 20.1. The summed E-state index contributed by atoms with van der Waals surface area (Å²) in [6.07, 6.45) is 6.43. The molecule has 0 bridgehead atoms. The Morgan fingerprint density at radius 2 is 2.00 bits per heavy atom. The third-order valence-electron chi connectivity index (χ3n) is 5.44. The number of primary amides is 1. The van der Waals surface area contributed by atoms with Gasteiger partial charge in [0, 0.05) is 55.4 Å². The zero-order chi connectivity index (χ0) is 20.1. The molecule has 1 amide bonds. The molecule has 10 heteroatoms. The molecule has 9 nitrogen and oxygen atoms in total. The van der Waals surface area contributed by atoms with Gasteiger partial charge >= 0.3 is 0 Å². The van der Waals surface area contributed by atoms with Gasteiger partial charge in [0.1, 0.15) is 11.3 Å². The van der Waals surface area contributed by atoms with Crippen LogP contribution in [0.15, 0.2) is 36.8 Å². The van der Waals surface area contributed by atoms with Gasteiger partial charge < -0.3 is 15.7 Å². The van der Waals surface area contributed by atoms with E-state index in [-0.39, 0.29) is 18.5 Å². The zero-order valence-corrected chi connectivity index (χ0v) is 17.2. The largest absolute Gasteiger partial charge is 0.393 e. The first-order chi connectivity index (χ1) is 14.0. The number of piperidine rings is 1. The molecule has 0 atom stereocenters. The lowest BCUT2D eigenvalue weighted by atomic mass is 10.00. The molecule has 1 aliphatic heterocycles. The van der Waals surface area contributed by atoms with Crippen molar-refractivity contribution in [2.45, 2.75) is 18.9 Å². The lowest BCUT2D eigenvalue weighted by molar-refractivity contribution is 0.100. The van der Waals surface area contributed by atoms with Crippen molar-refractivity contribution in [2.75, 3.05) is 18.0 Å². The third-order valence-corrected chi connectivity index (χ3v) is 5.44. The summed E-state index contributed by atoms with van der Waals surface area (Å²) in [5.41, 5.74) is 9.48. The fourth-order valence-corrected chi connectivity index (χ4v) is 4.04. The number of fused-ring (bicyclic) bond motifs is 2. The minimum Gasteiger partial charge on any atom is -0.393 e. The number of halogens is 1. The predicted molar refractivity (Wildman–Crippen MR) is 116 cm³/mol. The molecular weight excluding hydrogens is 406 g/mol. The molecule has 0 spiro atoms. The molecule has 4 heterocycles. The van der Waals surface area contributed by atoms with Gasteiger partial charge in [-0.2, -0.15) is 10.2 Å². The Morgan fingerprint density at radius 1 is 1.23 bits per heavy atom. The van der Waals surface area contributed by atoms with E-state index in [0.29, 0.717) is 29.7 Å². The molecule has 1 aromatic carbocycles. The second kappa shape index (κ2) is 7.58. The van der Waals surface area contributed by atoms with E-state index in [4.69, 9.17) is 5.73 Å². The molecule has 1 aliphatic rings. The molecule has 4 aromatic rings. The maximum atomic E-state index is 12.3. The van der Waals surface area contributed by atoms with Crippen LogP contribution in [0.2, 0.25) is 0 Å². The van der Waals surface area contributed by atoms with E-state index in [1.54, 1.807) is 27.7 Å². The number of aliphatic hydroxyl groups is 1. The molecule has 3 aromatic heterocycles. The number of hydrogen-bond acceptors (Lipinski definition) is 6. The van der Waals surface area contributed by atoms with E-state index in [2.05, 4.69) is 26.1 Å². The average Bonchev–Trinajstić information content (AvgIpc) is 3.26. The van der Waals surface area contributed by atoms with Gasteiger partial charge in [0.05, 0.1) is 11.6 Å². The minimum atomic E-state index is -0.574. The molecule has 30 heavy (non-hydrogen) atoms. The van der Waals surface area contributed by atoms with Crippen LogP contribution in [0.4, 0.5) is 5.69 Å². The number of carbonyl (C=O) groups is 1. The van der Waals surface area contributed by atoms with Crippen LogP contribution in [0.5, 0.6) is 0 Å². The van der Waals surface area contributed by atoms with E-state index in [1.165, 1.54) is 0 Å². The topological polar surface area (TPSA) is 115 Å². The molecule has 0 aliphatic carbocycles. The van der Waals surface area contributed by atoms with Crippen molar-refractivity contribution in [2.24, 2.45) is 12.8 Å². The van der Waals surface area contributed by atoms with Gasteiger partial charge in [-0.1, -0.05) is 0 Å². The predicted octanol–water partition coefficient (Wildman–Crippen LogP) is 1.76. The molecule has 1 saturated heterocycles. The van der Waals surface area contributed by atoms with Gasteiger partial charge in [-0.25, -0.2) is 9.50 Å². The number of nitrogens with zero attached hydrogens (tertiary/aromatic N) is 6. The van der Waals surface area contributed by atoms with E-state index < -0.39 is 5.91 Å². The number of rotatable bonds is 3. The van der Waals surface area contributed by atoms with Crippen molar-refractivity contribution in [1.29, 1.82) is 0 Å². The number of amides is 1. The van der Waals surface area contributed by atoms with Crippen molar-refractivity contribution >= 4 is 40.6 Å². The number of aromatic nitrogens is 5. The Kier molecular flexibility index (Phi) is 5.08. The number of aryl methyl sites for hydroxylation is 1. The SMILES string of the molecule is Cl.Cn1cc2cc(N3CCC(O)CC3)c(-c3nn4cccnc4c3C(N)=O)cc2n1. The van der Waals surface area contributed by atoms with Gasteiger partial charge in [0.25, 0.3) is 5.91 Å². The standard InChI is InChI=1S/C20H21N7O2.ClH/c1-25-11-12-9-16(26-7-3-13(28)4-8-26)14(10-15(12)23-25)18-17(19(21)29)20-22-5-2-6-27(20)24-18;/h2,5-6,9-11,13,28H,3-4,7-8H2,1H3,(H2,21,29);1H. The summed E-state index contributed by atoms with van der Waals surface area (Å²) in [6.45, 7) is 1.44. The van der Waals surface area contributed by atoms with E-state index in [0.717, 1.165) is 35.2 Å². The van der Waals surface area contributed by atoms with Crippen molar-refractivity contribution < 1.29 is 9.90 Å². The molecule has 1 fully saturated rings. The fourth-order valence-electron chi connectivity index (χ4n) is 4.04. The molecule has 0 saturated carbocycles. The lowest BCUT2D eigenvalue weighted by Gasteiger charge is -2.32. The Labute approximate surface area is 178 Å². The van der Waals surface area contributed by atoms with Gasteiger partial charge in [-0.05, 0) is 31.0 Å². The average molecular weight is 428 g/mol. The van der Waals surface area contributed by atoms with Crippen molar-refractivity contribution in [3.8, 4) is 11.3 Å². The maximum absolute atomic E-state index is 12.3. The zero-order valence-electron chi connectivity index (χ0n) is 16.4. The van der Waals surface area contributed by atoms with Crippen LogP contribution in [0.25, 0.3) is 27.8 Å². The summed E-state index contributed by atoms with van der Waals surface area (Å²) in [4.78, 5) is 18.9. The summed E-state index contributed by atoms with van der Waals surface area (Å²) in [7, 11) is 1.88. The van der Waals surface area contributed by atoms with Crippen LogP contribution >= 0.6 is 12.4 Å². The van der Waals surface area contributed by atoms with Gasteiger partial charge in [-0.15, -0.1) is 12.4 Å². The number of anilines is 1. The highest BCUT2D eigenvalue weighted by atomic mass is 35.5. The Morgan fingerprint density at radius 3 is 2.73 bits per heavy atom. The van der Waals surface area contributed by atoms with Gasteiger partial charge in [-0.3, -0.25) is 9.48 Å². The van der Waals surface area contributed by atoms with Crippen molar-refractivity contribution in [3.05, 3.63) is 42.4 Å². The molecule has 0 radical (unpaired) electrons. The van der Waals surface area contributed by atoms with Crippen LogP contribution in [0.1, 0.15) is 23.2 Å². The first kappa shape index (κ1) is 20.1. The maximum Gasteiger partial charge on any atom is 0.254 e. The van der Waals surface area contributed by atoms with Crippen LogP contribution in [0, 0.1) is 0 Å². The highest BCUT2D eigenvalue weighted by molar-refractivity contribution is 6.07. The lowest BCUT2D eigenvalue weighted by Crippen LogP contribution is -2.36. The second-order valence-corrected chi connectivity index (χ2v) is 7.42. The molecule has 5 rings (SSSR count). The Bertz CT molecular complexity index is 1240. The highest BCUT2D eigenvalue weighted by Gasteiger charge is 2.26. The molecular formula is C20H22ClN7O2. The summed E-state index contributed by atoms with van der Waals surface area (Å²) < 4.78 is 3.33. The van der Waals surface area contributed by atoms with Crippen LogP contribution in [-0.4, -0.2) is 54.6 Å². The quantitative estimate of drug-likeness (QED) is 0.515. The minimum absolute atomic E-state index is 0. The van der Waals surface area contributed by atoms with Gasteiger partial charge in [0.2, 0.25) is 0 Å². The van der Waals surface area contributed by atoms with Crippen LogP contribution in [-0.2, 0) is 7.05 Å². The van der Waals surface area contributed by atoms with Crippen LogP contribution < -0.4 is 10.6 Å². The first-order valence-corrected chi connectivity index (χ1v) is 9.55. The fraction of sp³-hybridized carbons (Fsp3) is 0.300. The number of benzene rings is 1. The summed E-state index contributed by atoms with van der Waals surface area (Å²) in [6, 6.07) is 5.77. The van der Waals surface area contributed by atoms with E-state index in [9.17, 15) is 9.90 Å². The van der Waals surface area contributed by atoms with E-state index in [1.807, 2.05) is 19.3 Å². The summed E-state index contributed by atoms with van der Waals surface area (Å²) in [5.74, 6) is -0.574. The third kappa shape index (κ3) is 3.25. The Balaban J connectivity index is 0.00000218. The monoisotopic (exact) mass is 427 g/mol. The molecule has 0 unspecified atom stereocenters. The van der Waals surface area contributed by atoms with Crippen molar-refractivity contribution in [1.82, 2.24) is 24.4 Å². The normalized spacial score (nSPS) is 14.9. The highest BCUT2D eigenvalue weighted by Crippen LogP contribution is 2.37. The van der Waals surface area contributed by atoms with E-state index >= 15 is 0 Å². The number of nitrogens with two attached hydrogens (primary N) is 1. The second-order valence-electron chi connectivity index (χ2n) is 7.42. The smallest absolute Gasteiger partial charge is 0.254 e. The number of carbonyl (C=O) groups excluding carboxylic acids is 1. The number of hydrogen-bond donors (Lipinski definition) is 2. The molecule has 156 valence electrons. The van der Waals surface area contributed by atoms with Crippen LogP contribution in [0.3, 0.4) is 0 Å². The van der Waals surface area contributed by atoms with Gasteiger partial charge in [0.15, 0.2) is 5.65 Å². The van der Waals surface area contributed by atoms with Crippen molar-refractivity contribution in [3.63, 3.8) is 0 Å². The Hall–Kier alpha value is -3.17. The number of aliphatic hydroxyl groups excluding tert-OH is 1. The molecule has 3 N–H and O–H groups in total.